The van der Waals surface area contributed by atoms with Gasteiger partial charge < -0.3 is 4.84 Å². The Hall–Kier alpha value is -3.55. The summed E-state index contributed by atoms with van der Waals surface area (Å²) in [5.74, 6) is 0.324. The highest BCUT2D eigenvalue weighted by molar-refractivity contribution is 5.87. The zero-order chi connectivity index (χ0) is 22.2. The number of non-ortho nitro benzene ring substituents is 1. The van der Waals surface area contributed by atoms with E-state index in [1.807, 2.05) is 36.4 Å². The Kier molecular flexibility index (Phi) is 7.48. The van der Waals surface area contributed by atoms with E-state index < -0.39 is 15.5 Å². The molecule has 1 saturated carbocycles. The molecule has 0 aromatic heterocycles. The van der Waals surface area contributed by atoms with Crippen molar-refractivity contribution in [3.63, 3.8) is 0 Å². The molecule has 1 fully saturated rings. The molecule has 0 heterocycles. The summed E-state index contributed by atoms with van der Waals surface area (Å²) in [6.07, 6.45) is 7.57. The van der Waals surface area contributed by atoms with Crippen LogP contribution in [0, 0.1) is 32.1 Å². The van der Waals surface area contributed by atoms with Gasteiger partial charge in [0.05, 0.1) is 21.6 Å². The summed E-state index contributed by atoms with van der Waals surface area (Å²) in [4.78, 5) is 26.5. The first-order chi connectivity index (χ1) is 15.0. The number of hydrogen-bond acceptors (Lipinski definition) is 6. The van der Waals surface area contributed by atoms with Crippen molar-refractivity contribution in [3.8, 4) is 5.75 Å². The van der Waals surface area contributed by atoms with E-state index in [0.717, 1.165) is 43.9 Å². The monoisotopic (exact) mass is 423 g/mol. The van der Waals surface area contributed by atoms with Gasteiger partial charge in [-0.25, -0.2) is 0 Å². The van der Waals surface area contributed by atoms with Crippen molar-refractivity contribution in [1.29, 1.82) is 0 Å². The minimum absolute atomic E-state index is 0.112. The number of hydrogen-bond donors (Lipinski definition) is 0. The van der Waals surface area contributed by atoms with Gasteiger partial charge in [0.2, 0.25) is 5.75 Å². The van der Waals surface area contributed by atoms with Gasteiger partial charge in [-0.2, -0.15) is 0 Å². The molecule has 1 aliphatic rings. The van der Waals surface area contributed by atoms with E-state index >= 15 is 0 Å². The van der Waals surface area contributed by atoms with Crippen LogP contribution in [0.3, 0.4) is 0 Å². The first-order valence-electron chi connectivity index (χ1n) is 10.3. The first-order valence-corrected chi connectivity index (χ1v) is 10.3. The van der Waals surface area contributed by atoms with Gasteiger partial charge in [0, 0.05) is 12.0 Å². The van der Waals surface area contributed by atoms with Gasteiger partial charge >= 0.3 is 5.69 Å². The Morgan fingerprint density at radius 2 is 1.84 bits per heavy atom. The zero-order valence-electron chi connectivity index (χ0n) is 17.2. The van der Waals surface area contributed by atoms with Crippen molar-refractivity contribution in [1.82, 2.24) is 0 Å². The number of benzene rings is 2. The Balaban J connectivity index is 1.88. The van der Waals surface area contributed by atoms with Gasteiger partial charge in [-0.15, -0.1) is 6.58 Å². The van der Waals surface area contributed by atoms with Crippen molar-refractivity contribution in [2.24, 2.45) is 17.0 Å². The molecule has 0 radical (unpaired) electrons. The summed E-state index contributed by atoms with van der Waals surface area (Å²) in [7, 11) is 0. The summed E-state index contributed by atoms with van der Waals surface area (Å²) in [6.45, 7) is 3.97. The second kappa shape index (κ2) is 10.5. The normalized spacial score (nSPS) is 18.9. The fraction of sp³-hybridized carbons (Fsp3) is 0.348. The second-order valence-corrected chi connectivity index (χ2v) is 7.62. The van der Waals surface area contributed by atoms with E-state index in [1.165, 1.54) is 17.7 Å². The quantitative estimate of drug-likeness (QED) is 0.217. The van der Waals surface area contributed by atoms with Crippen molar-refractivity contribution >= 4 is 17.1 Å². The number of aryl methyl sites for hydroxylation is 1. The van der Waals surface area contributed by atoms with Gasteiger partial charge in [-0.3, -0.25) is 20.2 Å². The van der Waals surface area contributed by atoms with Gasteiger partial charge in [0.25, 0.3) is 5.69 Å². The summed E-state index contributed by atoms with van der Waals surface area (Å²) >= 11 is 0. The van der Waals surface area contributed by atoms with Gasteiger partial charge in [-0.1, -0.05) is 54.4 Å². The van der Waals surface area contributed by atoms with E-state index in [0.29, 0.717) is 6.42 Å². The lowest BCUT2D eigenvalue weighted by Gasteiger charge is -2.30. The Labute approximate surface area is 180 Å². The molecule has 2 atom stereocenters. The molecule has 8 heteroatoms. The lowest BCUT2D eigenvalue weighted by atomic mass is 9.75. The average Bonchev–Trinajstić information content (AvgIpc) is 2.79. The van der Waals surface area contributed by atoms with Crippen molar-refractivity contribution in [3.05, 3.63) is 87.0 Å². The highest BCUT2D eigenvalue weighted by atomic mass is 16.7. The number of nitro benzene ring substituents is 2. The van der Waals surface area contributed by atoms with E-state index in [2.05, 4.69) is 11.7 Å². The third-order valence-corrected chi connectivity index (χ3v) is 5.67. The molecule has 0 saturated heterocycles. The van der Waals surface area contributed by atoms with Crippen LogP contribution in [0.25, 0.3) is 0 Å². The maximum absolute atomic E-state index is 11.4. The lowest BCUT2D eigenvalue weighted by Crippen LogP contribution is -2.27. The maximum atomic E-state index is 11.4. The molecule has 162 valence electrons. The van der Waals surface area contributed by atoms with Crippen LogP contribution in [-0.2, 0) is 6.42 Å². The van der Waals surface area contributed by atoms with E-state index in [4.69, 9.17) is 4.84 Å². The van der Waals surface area contributed by atoms with Crippen LogP contribution in [0.5, 0.6) is 5.75 Å². The minimum atomic E-state index is -0.700. The molecular formula is C23H25N3O5. The molecule has 3 rings (SSSR count). The largest absolute Gasteiger partial charge is 0.350 e. The van der Waals surface area contributed by atoms with Crippen molar-refractivity contribution in [2.75, 3.05) is 0 Å². The van der Waals surface area contributed by atoms with Crippen LogP contribution in [0.4, 0.5) is 11.4 Å². The Morgan fingerprint density at radius 3 is 2.52 bits per heavy atom. The number of oxime groups is 1. The van der Waals surface area contributed by atoms with Gasteiger partial charge in [0.15, 0.2) is 0 Å². The smallest absolute Gasteiger partial charge is 0.321 e. The summed E-state index contributed by atoms with van der Waals surface area (Å²) in [6, 6.07) is 13.3. The van der Waals surface area contributed by atoms with E-state index in [-0.39, 0.29) is 23.3 Å². The Bertz CT molecular complexity index is 974. The summed E-state index contributed by atoms with van der Waals surface area (Å²) in [5, 5.41) is 26.7. The standard InChI is InChI=1S/C23H25N3O5/c1-2-18-10-6-7-11-20(18)21(14-12-17-8-4-3-5-9-17)24-31-23-15-13-19(25(27)28)16-22(23)26(29)30/h2-5,8-9,13,15-16,18,20H,1,6-7,10-12,14H2/b24-21+/t18-,20+/m0/s1. The number of nitrogens with zero attached hydrogens (tertiary/aromatic N) is 3. The van der Waals surface area contributed by atoms with Crippen LogP contribution >= 0.6 is 0 Å². The fourth-order valence-electron chi connectivity index (χ4n) is 4.02. The average molecular weight is 423 g/mol. The number of nitro groups is 2. The van der Waals surface area contributed by atoms with Gasteiger partial charge in [-0.05, 0) is 43.2 Å². The van der Waals surface area contributed by atoms with Crippen LogP contribution in [-0.4, -0.2) is 15.6 Å². The molecule has 0 bridgehead atoms. The van der Waals surface area contributed by atoms with Crippen molar-refractivity contribution in [2.45, 2.75) is 38.5 Å². The lowest BCUT2D eigenvalue weighted by molar-refractivity contribution is -0.394. The molecular weight excluding hydrogens is 398 g/mol. The molecule has 31 heavy (non-hydrogen) atoms. The third-order valence-electron chi connectivity index (χ3n) is 5.67. The maximum Gasteiger partial charge on any atom is 0.321 e. The molecule has 0 aliphatic heterocycles. The highest BCUT2D eigenvalue weighted by Crippen LogP contribution is 2.35. The molecule has 0 spiro atoms. The molecule has 1 aliphatic carbocycles. The first kappa shape index (κ1) is 22.1. The molecule has 0 N–H and O–H groups in total. The topological polar surface area (TPSA) is 108 Å². The SMILES string of the molecule is C=C[C@H]1CCCC[C@H]1/C(CCc1ccccc1)=N/Oc1ccc([N+](=O)[O-])cc1[N+](=O)[O-]. The van der Waals surface area contributed by atoms with E-state index in [1.54, 1.807) is 0 Å². The molecule has 0 amide bonds. The van der Waals surface area contributed by atoms with Crippen LogP contribution in [0.15, 0.2) is 66.3 Å². The summed E-state index contributed by atoms with van der Waals surface area (Å²) < 4.78 is 0. The summed E-state index contributed by atoms with van der Waals surface area (Å²) in [5.41, 5.74) is 1.15. The third kappa shape index (κ3) is 5.75. The molecule has 0 unspecified atom stereocenters. The van der Waals surface area contributed by atoms with Crippen LogP contribution in [0.2, 0.25) is 0 Å². The van der Waals surface area contributed by atoms with E-state index in [9.17, 15) is 20.2 Å². The van der Waals surface area contributed by atoms with Gasteiger partial charge in [0.1, 0.15) is 0 Å². The van der Waals surface area contributed by atoms with Crippen LogP contribution in [0.1, 0.15) is 37.7 Å². The number of rotatable bonds is 9. The predicted molar refractivity (Wildman–Crippen MR) is 118 cm³/mol. The second-order valence-electron chi connectivity index (χ2n) is 7.62. The fourth-order valence-corrected chi connectivity index (χ4v) is 4.02. The highest BCUT2D eigenvalue weighted by Gasteiger charge is 2.28. The van der Waals surface area contributed by atoms with Crippen molar-refractivity contribution < 1.29 is 14.7 Å². The van der Waals surface area contributed by atoms with Crippen LogP contribution < -0.4 is 4.84 Å². The Morgan fingerprint density at radius 1 is 1.10 bits per heavy atom. The minimum Gasteiger partial charge on any atom is -0.350 e. The molecule has 2 aromatic rings. The number of allylic oxidation sites excluding steroid dienone is 1. The molecule has 8 nitrogen and oxygen atoms in total. The predicted octanol–water partition coefficient (Wildman–Crippen LogP) is 5.86. The molecule has 2 aromatic carbocycles. The zero-order valence-corrected chi connectivity index (χ0v) is 17.2.